The van der Waals surface area contributed by atoms with Crippen molar-refractivity contribution in [2.75, 3.05) is 6.61 Å². The van der Waals surface area contributed by atoms with Gasteiger partial charge < -0.3 is 15.2 Å². The first kappa shape index (κ1) is 19.5. The van der Waals surface area contributed by atoms with Crippen LogP contribution in [-0.2, 0) is 10.5 Å². The summed E-state index contributed by atoms with van der Waals surface area (Å²) in [5.74, 6) is 1.18. The lowest BCUT2D eigenvalue weighted by Gasteiger charge is -2.09. The van der Waals surface area contributed by atoms with E-state index in [1.54, 1.807) is 24.4 Å². The molecule has 6 nitrogen and oxygen atoms in total. The molecule has 0 atom stereocenters. The van der Waals surface area contributed by atoms with Crippen molar-refractivity contribution < 1.29 is 14.3 Å². The van der Waals surface area contributed by atoms with Gasteiger partial charge in [-0.2, -0.15) is 5.10 Å². The molecule has 2 aromatic carbocycles. The first-order valence-corrected chi connectivity index (χ1v) is 9.05. The van der Waals surface area contributed by atoms with Gasteiger partial charge in [0.15, 0.2) is 16.7 Å². The molecule has 0 bridgehead atoms. The van der Waals surface area contributed by atoms with Crippen molar-refractivity contribution in [2.24, 2.45) is 15.9 Å². The van der Waals surface area contributed by atoms with E-state index in [-0.39, 0.29) is 0 Å². The second-order valence-electron chi connectivity index (χ2n) is 5.19. The number of ether oxygens (including phenoxy) is 2. The van der Waals surface area contributed by atoms with Crippen LogP contribution in [0.5, 0.6) is 11.5 Å². The number of thioether (sulfide) groups is 1. The van der Waals surface area contributed by atoms with Crippen LogP contribution in [0.4, 0.5) is 0 Å². The number of nitrogens with two attached hydrogens (primary N) is 1. The minimum absolute atomic E-state index is 0.373. The lowest BCUT2D eigenvalue weighted by atomic mass is 10.2. The number of hydrogen-bond donors (Lipinski definition) is 1. The SMILES string of the molecule is CCOc1cc(C=NN=C(N)SCc2ccccc2)ccc1OC(C)=O. The minimum Gasteiger partial charge on any atom is -0.490 e. The molecular weight excluding hydrogens is 350 g/mol. The zero-order chi connectivity index (χ0) is 18.8. The normalized spacial score (nSPS) is 11.5. The van der Waals surface area contributed by atoms with E-state index in [1.807, 2.05) is 37.3 Å². The Hall–Kier alpha value is -2.80. The smallest absolute Gasteiger partial charge is 0.308 e. The van der Waals surface area contributed by atoms with Crippen molar-refractivity contribution in [1.29, 1.82) is 0 Å². The third-order valence-electron chi connectivity index (χ3n) is 3.11. The van der Waals surface area contributed by atoms with E-state index >= 15 is 0 Å². The predicted octanol–water partition coefficient (Wildman–Crippen LogP) is 3.59. The largest absolute Gasteiger partial charge is 0.490 e. The number of hydrogen-bond acceptors (Lipinski definition) is 6. The van der Waals surface area contributed by atoms with E-state index in [4.69, 9.17) is 15.2 Å². The fourth-order valence-electron chi connectivity index (χ4n) is 2.03. The zero-order valence-corrected chi connectivity index (χ0v) is 15.5. The molecule has 0 aromatic heterocycles. The Morgan fingerprint density at radius 2 is 1.96 bits per heavy atom. The molecule has 136 valence electrons. The van der Waals surface area contributed by atoms with Gasteiger partial charge in [-0.25, -0.2) is 0 Å². The molecule has 0 aliphatic heterocycles. The Balaban J connectivity index is 1.99. The van der Waals surface area contributed by atoms with Gasteiger partial charge in [0, 0.05) is 12.7 Å². The van der Waals surface area contributed by atoms with Gasteiger partial charge in [-0.1, -0.05) is 42.1 Å². The second kappa shape index (κ2) is 10.2. The summed E-state index contributed by atoms with van der Waals surface area (Å²) in [7, 11) is 0. The van der Waals surface area contributed by atoms with Crippen molar-refractivity contribution in [3.8, 4) is 11.5 Å². The van der Waals surface area contributed by atoms with Crippen molar-refractivity contribution in [3.63, 3.8) is 0 Å². The Labute approximate surface area is 157 Å². The summed E-state index contributed by atoms with van der Waals surface area (Å²) in [5, 5.41) is 8.36. The number of nitrogens with zero attached hydrogens (tertiary/aromatic N) is 2. The van der Waals surface area contributed by atoms with Crippen LogP contribution in [-0.4, -0.2) is 24.0 Å². The van der Waals surface area contributed by atoms with Gasteiger partial charge in [-0.15, -0.1) is 5.10 Å². The van der Waals surface area contributed by atoms with E-state index < -0.39 is 5.97 Å². The topological polar surface area (TPSA) is 86.3 Å². The van der Waals surface area contributed by atoms with E-state index in [0.29, 0.717) is 23.3 Å². The molecule has 2 N–H and O–H groups in total. The monoisotopic (exact) mass is 371 g/mol. The van der Waals surface area contributed by atoms with Crippen LogP contribution in [0.3, 0.4) is 0 Å². The molecule has 0 amide bonds. The molecule has 2 aromatic rings. The number of esters is 1. The molecule has 26 heavy (non-hydrogen) atoms. The average Bonchev–Trinajstić information content (AvgIpc) is 2.63. The number of benzene rings is 2. The maximum Gasteiger partial charge on any atom is 0.308 e. The molecule has 0 aliphatic carbocycles. The summed E-state index contributed by atoms with van der Waals surface area (Å²) < 4.78 is 10.6. The highest BCUT2D eigenvalue weighted by molar-refractivity contribution is 8.13. The highest BCUT2D eigenvalue weighted by Gasteiger charge is 2.08. The maximum atomic E-state index is 11.1. The van der Waals surface area contributed by atoms with Crippen molar-refractivity contribution >= 4 is 29.1 Å². The Kier molecular flexibility index (Phi) is 7.70. The molecule has 0 saturated heterocycles. The highest BCUT2D eigenvalue weighted by Crippen LogP contribution is 2.28. The molecule has 0 aliphatic rings. The molecule has 0 unspecified atom stereocenters. The summed E-state index contributed by atoms with van der Waals surface area (Å²) in [6.45, 7) is 3.65. The first-order chi connectivity index (χ1) is 12.6. The van der Waals surface area contributed by atoms with Gasteiger partial charge >= 0.3 is 5.97 Å². The number of amidine groups is 1. The van der Waals surface area contributed by atoms with Crippen LogP contribution in [0.1, 0.15) is 25.0 Å². The predicted molar refractivity (Wildman–Crippen MR) is 106 cm³/mol. The maximum absolute atomic E-state index is 11.1. The van der Waals surface area contributed by atoms with Gasteiger partial charge in [0.05, 0.1) is 12.8 Å². The summed E-state index contributed by atoms with van der Waals surface area (Å²) in [5.41, 5.74) is 7.79. The molecule has 0 heterocycles. The average molecular weight is 371 g/mol. The van der Waals surface area contributed by atoms with Crippen LogP contribution in [0.2, 0.25) is 0 Å². The summed E-state index contributed by atoms with van der Waals surface area (Å²) in [6, 6.07) is 15.1. The lowest BCUT2D eigenvalue weighted by molar-refractivity contribution is -0.132. The van der Waals surface area contributed by atoms with E-state index in [9.17, 15) is 4.79 Å². The minimum atomic E-state index is -0.403. The fraction of sp³-hybridized carbons (Fsp3) is 0.211. The quantitative estimate of drug-likeness (QED) is 0.264. The third kappa shape index (κ3) is 6.60. The third-order valence-corrected chi connectivity index (χ3v) is 3.97. The summed E-state index contributed by atoms with van der Waals surface area (Å²) in [4.78, 5) is 11.1. The molecule has 2 rings (SSSR count). The van der Waals surface area contributed by atoms with Crippen molar-refractivity contribution in [1.82, 2.24) is 0 Å². The summed E-state index contributed by atoms with van der Waals surface area (Å²) >= 11 is 1.42. The molecular formula is C19H21N3O3S. The first-order valence-electron chi connectivity index (χ1n) is 8.07. The molecule has 0 fully saturated rings. The van der Waals surface area contributed by atoms with Crippen LogP contribution in [0.25, 0.3) is 0 Å². The molecule has 7 heteroatoms. The number of carbonyl (C=O) groups is 1. The van der Waals surface area contributed by atoms with Gasteiger partial charge in [0.2, 0.25) is 0 Å². The molecule has 0 radical (unpaired) electrons. The van der Waals surface area contributed by atoms with E-state index in [2.05, 4.69) is 10.2 Å². The van der Waals surface area contributed by atoms with Crippen LogP contribution >= 0.6 is 11.8 Å². The number of rotatable bonds is 7. The number of carbonyl (C=O) groups excluding carboxylic acids is 1. The molecule has 0 spiro atoms. The van der Waals surface area contributed by atoms with Gasteiger partial charge in [0.25, 0.3) is 0 Å². The van der Waals surface area contributed by atoms with Gasteiger partial charge in [-0.05, 0) is 36.2 Å². The standard InChI is InChI=1S/C19H21N3O3S/c1-3-24-18-11-16(9-10-17(18)25-14(2)23)12-21-22-19(20)26-13-15-7-5-4-6-8-15/h4-12H,3,13H2,1-2H3,(H2,20,22). The van der Waals surface area contributed by atoms with Crippen LogP contribution < -0.4 is 15.2 Å². The molecule has 0 saturated carbocycles. The second-order valence-corrected chi connectivity index (χ2v) is 6.19. The highest BCUT2D eigenvalue weighted by atomic mass is 32.2. The van der Waals surface area contributed by atoms with Gasteiger partial charge in [-0.3, -0.25) is 4.79 Å². The van der Waals surface area contributed by atoms with E-state index in [1.165, 1.54) is 24.2 Å². The Morgan fingerprint density at radius 3 is 2.65 bits per heavy atom. The van der Waals surface area contributed by atoms with Gasteiger partial charge in [0.1, 0.15) is 0 Å². The summed E-state index contributed by atoms with van der Waals surface area (Å²) in [6.07, 6.45) is 1.57. The zero-order valence-electron chi connectivity index (χ0n) is 14.7. The Bertz CT molecular complexity index is 792. The van der Waals surface area contributed by atoms with Crippen molar-refractivity contribution in [2.45, 2.75) is 19.6 Å². The Morgan fingerprint density at radius 1 is 1.19 bits per heavy atom. The van der Waals surface area contributed by atoms with Crippen molar-refractivity contribution in [3.05, 3.63) is 59.7 Å². The van der Waals surface area contributed by atoms with Crippen LogP contribution in [0.15, 0.2) is 58.7 Å². The van der Waals surface area contributed by atoms with Crippen LogP contribution in [0, 0.1) is 0 Å². The fourth-order valence-corrected chi connectivity index (χ4v) is 2.64. The van der Waals surface area contributed by atoms with E-state index in [0.717, 1.165) is 11.3 Å². The lowest BCUT2D eigenvalue weighted by Crippen LogP contribution is -2.06.